The Morgan fingerprint density at radius 3 is 1.28 bits per heavy atom. The molecule has 0 amide bonds. The third-order valence-corrected chi connectivity index (χ3v) is 4.62. The van der Waals surface area contributed by atoms with Crippen LogP contribution in [0.4, 0.5) is 11.4 Å². The van der Waals surface area contributed by atoms with E-state index in [9.17, 15) is 0 Å². The summed E-state index contributed by atoms with van der Waals surface area (Å²) in [5.41, 5.74) is 14.5. The van der Waals surface area contributed by atoms with Crippen LogP contribution < -0.4 is 20.9 Å². The molecule has 4 N–H and O–H groups in total. The number of hydrogen-bond acceptors (Lipinski definition) is 4. The van der Waals surface area contributed by atoms with Gasteiger partial charge in [0, 0.05) is 17.8 Å². The predicted molar refractivity (Wildman–Crippen MR) is 121 cm³/mol. The smallest absolute Gasteiger partial charge is 0.120 e. The Kier molecular flexibility index (Phi) is 5.73. The molecule has 3 aromatic carbocycles. The van der Waals surface area contributed by atoms with E-state index in [1.54, 1.807) is 0 Å². The van der Waals surface area contributed by atoms with E-state index in [4.69, 9.17) is 20.9 Å². The topological polar surface area (TPSA) is 70.5 Å². The molecule has 3 rings (SSSR count). The van der Waals surface area contributed by atoms with Gasteiger partial charge in [-0.2, -0.15) is 0 Å². The quantitative estimate of drug-likeness (QED) is 0.491. The summed E-state index contributed by atoms with van der Waals surface area (Å²) in [7, 11) is 0. The number of hydrogen-bond donors (Lipinski definition) is 2. The fourth-order valence-corrected chi connectivity index (χ4v) is 3.66. The maximum absolute atomic E-state index is 6.28. The molecule has 4 nitrogen and oxygen atoms in total. The van der Waals surface area contributed by atoms with Gasteiger partial charge in [-0.05, 0) is 87.4 Å². The lowest BCUT2D eigenvalue weighted by Crippen LogP contribution is -2.41. The highest BCUT2D eigenvalue weighted by Crippen LogP contribution is 2.31. The van der Waals surface area contributed by atoms with Crippen LogP contribution in [0.15, 0.2) is 72.8 Å². The Labute approximate surface area is 173 Å². The summed E-state index contributed by atoms with van der Waals surface area (Å²) in [6, 6.07) is 23.5. The van der Waals surface area contributed by atoms with E-state index in [2.05, 4.69) is 39.8 Å². The van der Waals surface area contributed by atoms with Crippen LogP contribution in [0.3, 0.4) is 0 Å². The van der Waals surface area contributed by atoms with Crippen molar-refractivity contribution >= 4 is 11.4 Å². The van der Waals surface area contributed by atoms with Crippen LogP contribution in [0, 0.1) is 0 Å². The van der Waals surface area contributed by atoms with Gasteiger partial charge in [-0.15, -0.1) is 0 Å². The van der Waals surface area contributed by atoms with E-state index in [1.807, 2.05) is 60.7 Å². The van der Waals surface area contributed by atoms with Crippen molar-refractivity contribution in [3.05, 3.63) is 72.8 Å². The lowest BCUT2D eigenvalue weighted by molar-refractivity contribution is 0.00506. The summed E-state index contributed by atoms with van der Waals surface area (Å²) >= 11 is 0. The second kappa shape index (κ2) is 8.08. The van der Waals surface area contributed by atoms with Crippen molar-refractivity contribution in [1.29, 1.82) is 0 Å². The van der Waals surface area contributed by atoms with Gasteiger partial charge in [0.25, 0.3) is 0 Å². The highest BCUT2D eigenvalue weighted by molar-refractivity contribution is 5.66. The fourth-order valence-electron chi connectivity index (χ4n) is 3.66. The molecular weight excluding hydrogens is 360 g/mol. The van der Waals surface area contributed by atoms with Gasteiger partial charge in [0.15, 0.2) is 0 Å². The molecule has 0 saturated heterocycles. The lowest BCUT2D eigenvalue weighted by Gasteiger charge is -2.35. The van der Waals surface area contributed by atoms with Crippen LogP contribution in [-0.4, -0.2) is 11.2 Å². The molecule has 3 aromatic rings. The van der Waals surface area contributed by atoms with Gasteiger partial charge < -0.3 is 20.9 Å². The summed E-state index contributed by atoms with van der Waals surface area (Å²) in [6.07, 6.45) is 0.712. The number of rotatable bonds is 7. The van der Waals surface area contributed by atoms with Gasteiger partial charge in [-0.25, -0.2) is 0 Å². The van der Waals surface area contributed by atoms with Gasteiger partial charge in [-0.1, -0.05) is 24.3 Å². The van der Waals surface area contributed by atoms with Gasteiger partial charge in [0.05, 0.1) is 0 Å². The minimum absolute atomic E-state index is 0.399. The van der Waals surface area contributed by atoms with E-state index < -0.39 is 11.2 Å². The molecule has 0 unspecified atom stereocenters. The fraction of sp³-hybridized carbons (Fsp3) is 0.280. The lowest BCUT2D eigenvalue weighted by atomic mass is 9.92. The normalized spacial score (nSPS) is 11.9. The average molecular weight is 391 g/mol. The highest BCUT2D eigenvalue weighted by Gasteiger charge is 2.32. The largest absolute Gasteiger partial charge is 0.488 e. The molecule has 0 aromatic heterocycles. The third kappa shape index (κ3) is 5.92. The molecule has 152 valence electrons. The highest BCUT2D eigenvalue weighted by atomic mass is 16.5. The first-order valence-electron chi connectivity index (χ1n) is 9.82. The summed E-state index contributed by atoms with van der Waals surface area (Å²) in [4.78, 5) is 0. The number of anilines is 2. The Morgan fingerprint density at radius 2 is 0.862 bits per heavy atom. The van der Waals surface area contributed by atoms with E-state index >= 15 is 0 Å². The average Bonchev–Trinajstić information content (AvgIpc) is 2.63. The number of nitrogen functional groups attached to an aromatic ring is 2. The van der Waals surface area contributed by atoms with Crippen LogP contribution in [0.1, 0.15) is 34.1 Å². The van der Waals surface area contributed by atoms with E-state index in [1.165, 1.54) is 0 Å². The predicted octanol–water partition coefficient (Wildman–Crippen LogP) is 5.92. The molecule has 29 heavy (non-hydrogen) atoms. The van der Waals surface area contributed by atoms with Gasteiger partial charge >= 0.3 is 0 Å². The standard InChI is InChI=1S/C25H30N2O2/c1-24(2,17-25(3,4)29-23-15-11-21(27)12-16-23)28-22-13-7-19(8-14-22)18-5-9-20(26)10-6-18/h5-16H,17,26-27H2,1-4H3. The minimum atomic E-state index is -0.403. The first kappa shape index (κ1) is 20.6. The Balaban J connectivity index is 1.64. The monoisotopic (exact) mass is 390 g/mol. The minimum Gasteiger partial charge on any atom is -0.488 e. The summed E-state index contributed by atoms with van der Waals surface area (Å²) in [6.45, 7) is 8.29. The molecule has 4 heteroatoms. The van der Waals surface area contributed by atoms with Crippen LogP contribution >= 0.6 is 0 Å². The molecular formula is C25H30N2O2. The molecule has 0 radical (unpaired) electrons. The second-order valence-electron chi connectivity index (χ2n) is 8.62. The molecule has 0 aliphatic carbocycles. The van der Waals surface area contributed by atoms with Crippen molar-refractivity contribution in [2.24, 2.45) is 0 Å². The molecule has 0 fully saturated rings. The van der Waals surface area contributed by atoms with Gasteiger partial charge in [0.2, 0.25) is 0 Å². The maximum Gasteiger partial charge on any atom is 0.120 e. The van der Waals surface area contributed by atoms with Gasteiger partial charge in [-0.3, -0.25) is 0 Å². The SMILES string of the molecule is CC(C)(CC(C)(C)Oc1ccc(-c2ccc(N)cc2)cc1)Oc1ccc(N)cc1. The molecule has 0 aliphatic rings. The van der Waals surface area contributed by atoms with E-state index in [0.29, 0.717) is 6.42 Å². The Bertz CT molecular complexity index is 928. The molecule has 0 spiro atoms. The van der Waals surface area contributed by atoms with Crippen LogP contribution in [0.25, 0.3) is 11.1 Å². The molecule has 0 saturated carbocycles. The maximum atomic E-state index is 6.28. The molecule has 0 bridgehead atoms. The van der Waals surface area contributed by atoms with Crippen LogP contribution in [0.2, 0.25) is 0 Å². The Morgan fingerprint density at radius 1 is 0.552 bits per heavy atom. The van der Waals surface area contributed by atoms with E-state index in [-0.39, 0.29) is 0 Å². The van der Waals surface area contributed by atoms with Crippen molar-refractivity contribution in [3.8, 4) is 22.6 Å². The van der Waals surface area contributed by atoms with Crippen LogP contribution in [0.5, 0.6) is 11.5 Å². The summed E-state index contributed by atoms with van der Waals surface area (Å²) in [5, 5.41) is 0. The number of benzene rings is 3. The van der Waals surface area contributed by atoms with Crippen molar-refractivity contribution in [2.45, 2.75) is 45.3 Å². The second-order valence-corrected chi connectivity index (χ2v) is 8.62. The Hall–Kier alpha value is -3.14. The van der Waals surface area contributed by atoms with Crippen molar-refractivity contribution in [3.63, 3.8) is 0 Å². The summed E-state index contributed by atoms with van der Waals surface area (Å²) in [5.74, 6) is 1.63. The van der Waals surface area contributed by atoms with Crippen molar-refractivity contribution < 1.29 is 9.47 Å². The van der Waals surface area contributed by atoms with Crippen LogP contribution in [-0.2, 0) is 0 Å². The number of ether oxygens (including phenoxy) is 2. The molecule has 0 aliphatic heterocycles. The first-order chi connectivity index (χ1) is 13.6. The first-order valence-corrected chi connectivity index (χ1v) is 9.82. The third-order valence-electron chi connectivity index (χ3n) is 4.62. The van der Waals surface area contributed by atoms with E-state index in [0.717, 1.165) is 34.0 Å². The number of nitrogens with two attached hydrogens (primary N) is 2. The zero-order chi connectivity index (χ0) is 21.1. The van der Waals surface area contributed by atoms with Crippen molar-refractivity contribution in [2.75, 3.05) is 11.5 Å². The van der Waals surface area contributed by atoms with Gasteiger partial charge in [0.1, 0.15) is 22.7 Å². The van der Waals surface area contributed by atoms with Crippen molar-refractivity contribution in [1.82, 2.24) is 0 Å². The summed E-state index contributed by atoms with van der Waals surface area (Å²) < 4.78 is 12.5. The zero-order valence-corrected chi connectivity index (χ0v) is 17.6. The molecule has 0 atom stereocenters. The molecule has 0 heterocycles. The zero-order valence-electron chi connectivity index (χ0n) is 17.6.